The van der Waals surface area contributed by atoms with Crippen molar-refractivity contribution in [2.75, 3.05) is 13.1 Å². The van der Waals surface area contributed by atoms with E-state index in [1.54, 1.807) is 0 Å². The Hall–Kier alpha value is -0.860. The quantitative estimate of drug-likeness (QED) is 0.844. The van der Waals surface area contributed by atoms with Gasteiger partial charge in [0.1, 0.15) is 0 Å². The Kier molecular flexibility index (Phi) is 4.37. The topological polar surface area (TPSA) is 29.3 Å². The zero-order valence-corrected chi connectivity index (χ0v) is 9.94. The second kappa shape index (κ2) is 6.02. The second-order valence-corrected chi connectivity index (χ2v) is 4.69. The molecule has 1 saturated heterocycles. The molecule has 1 aromatic rings. The van der Waals surface area contributed by atoms with E-state index in [4.69, 9.17) is 5.73 Å². The number of hydrogen-bond acceptors (Lipinski definition) is 2. The monoisotopic (exact) mass is 218 g/mol. The van der Waals surface area contributed by atoms with E-state index in [1.807, 2.05) is 0 Å². The summed E-state index contributed by atoms with van der Waals surface area (Å²) < 4.78 is 0. The van der Waals surface area contributed by atoms with Gasteiger partial charge in [0.2, 0.25) is 0 Å². The van der Waals surface area contributed by atoms with Crippen molar-refractivity contribution in [3.63, 3.8) is 0 Å². The van der Waals surface area contributed by atoms with Gasteiger partial charge in [-0.3, -0.25) is 4.90 Å². The fourth-order valence-electron chi connectivity index (χ4n) is 2.53. The molecule has 1 unspecified atom stereocenters. The Morgan fingerprint density at radius 3 is 2.69 bits per heavy atom. The average molecular weight is 218 g/mol. The van der Waals surface area contributed by atoms with Crippen molar-refractivity contribution in [2.24, 2.45) is 5.73 Å². The van der Waals surface area contributed by atoms with E-state index in [-0.39, 0.29) is 0 Å². The molecule has 0 aliphatic carbocycles. The third kappa shape index (κ3) is 3.06. The standard InChI is InChI=1S/C14H22N2/c15-11-14-9-5-2-6-10-16(14)12-13-7-3-1-4-8-13/h1,3-4,7-8,14H,2,5-6,9-12,15H2. The molecule has 1 heterocycles. The van der Waals surface area contributed by atoms with E-state index in [9.17, 15) is 0 Å². The predicted octanol–water partition coefficient (Wildman–Crippen LogP) is 2.39. The first-order valence-electron chi connectivity index (χ1n) is 6.38. The highest BCUT2D eigenvalue weighted by Crippen LogP contribution is 2.18. The van der Waals surface area contributed by atoms with E-state index < -0.39 is 0 Å². The largest absolute Gasteiger partial charge is 0.329 e. The maximum Gasteiger partial charge on any atom is 0.0237 e. The van der Waals surface area contributed by atoms with Crippen LogP contribution in [-0.4, -0.2) is 24.0 Å². The normalized spacial score (nSPS) is 22.9. The van der Waals surface area contributed by atoms with Crippen LogP contribution in [0.4, 0.5) is 0 Å². The summed E-state index contributed by atoms with van der Waals surface area (Å²) in [6.07, 6.45) is 5.29. The van der Waals surface area contributed by atoms with Crippen molar-refractivity contribution in [3.8, 4) is 0 Å². The van der Waals surface area contributed by atoms with Crippen molar-refractivity contribution >= 4 is 0 Å². The van der Waals surface area contributed by atoms with Gasteiger partial charge >= 0.3 is 0 Å². The van der Waals surface area contributed by atoms with Crippen LogP contribution in [-0.2, 0) is 6.54 Å². The number of nitrogens with two attached hydrogens (primary N) is 1. The van der Waals surface area contributed by atoms with E-state index in [0.717, 1.165) is 13.1 Å². The SMILES string of the molecule is NCC1CCCCCN1Cc1ccccc1. The molecule has 16 heavy (non-hydrogen) atoms. The first-order chi connectivity index (χ1) is 7.90. The number of likely N-dealkylation sites (tertiary alicyclic amines) is 1. The molecule has 1 fully saturated rings. The molecule has 0 saturated carbocycles. The molecule has 1 aliphatic rings. The lowest BCUT2D eigenvalue weighted by Crippen LogP contribution is -2.39. The highest BCUT2D eigenvalue weighted by molar-refractivity contribution is 5.14. The first kappa shape index (κ1) is 11.6. The van der Waals surface area contributed by atoms with Gasteiger partial charge in [0.25, 0.3) is 0 Å². The van der Waals surface area contributed by atoms with E-state index >= 15 is 0 Å². The molecule has 0 radical (unpaired) electrons. The summed E-state index contributed by atoms with van der Waals surface area (Å²) in [6.45, 7) is 3.06. The molecule has 2 N–H and O–H groups in total. The second-order valence-electron chi connectivity index (χ2n) is 4.69. The minimum atomic E-state index is 0.586. The van der Waals surface area contributed by atoms with Gasteiger partial charge in [0.05, 0.1) is 0 Å². The van der Waals surface area contributed by atoms with Crippen LogP contribution in [0, 0.1) is 0 Å². The fourth-order valence-corrected chi connectivity index (χ4v) is 2.53. The van der Waals surface area contributed by atoms with Gasteiger partial charge in [-0.1, -0.05) is 43.2 Å². The first-order valence-corrected chi connectivity index (χ1v) is 6.38. The van der Waals surface area contributed by atoms with Crippen LogP contribution >= 0.6 is 0 Å². The molecular formula is C14H22N2. The Bertz CT molecular complexity index is 297. The molecule has 2 heteroatoms. The summed E-state index contributed by atoms with van der Waals surface area (Å²) in [7, 11) is 0. The predicted molar refractivity (Wildman–Crippen MR) is 68.2 cm³/mol. The van der Waals surface area contributed by atoms with Crippen molar-refractivity contribution < 1.29 is 0 Å². The lowest BCUT2D eigenvalue weighted by Gasteiger charge is -2.28. The third-order valence-electron chi connectivity index (χ3n) is 3.50. The molecule has 0 spiro atoms. The van der Waals surface area contributed by atoms with Crippen molar-refractivity contribution in [2.45, 2.75) is 38.3 Å². The minimum absolute atomic E-state index is 0.586. The van der Waals surface area contributed by atoms with E-state index in [1.165, 1.54) is 37.8 Å². The van der Waals surface area contributed by atoms with Gasteiger partial charge in [-0.2, -0.15) is 0 Å². The fraction of sp³-hybridized carbons (Fsp3) is 0.571. The summed E-state index contributed by atoms with van der Waals surface area (Å²) in [5, 5.41) is 0. The van der Waals surface area contributed by atoms with Gasteiger partial charge in [0, 0.05) is 19.1 Å². The number of nitrogens with zero attached hydrogens (tertiary/aromatic N) is 1. The molecule has 2 nitrogen and oxygen atoms in total. The Morgan fingerprint density at radius 1 is 1.12 bits per heavy atom. The third-order valence-corrected chi connectivity index (χ3v) is 3.50. The summed E-state index contributed by atoms with van der Waals surface area (Å²) in [4.78, 5) is 2.56. The van der Waals surface area contributed by atoms with Gasteiger partial charge in [-0.15, -0.1) is 0 Å². The van der Waals surface area contributed by atoms with Crippen LogP contribution in [0.3, 0.4) is 0 Å². The Morgan fingerprint density at radius 2 is 1.94 bits per heavy atom. The van der Waals surface area contributed by atoms with Crippen LogP contribution in [0.1, 0.15) is 31.2 Å². The van der Waals surface area contributed by atoms with Crippen LogP contribution in [0.25, 0.3) is 0 Å². The molecular weight excluding hydrogens is 196 g/mol. The van der Waals surface area contributed by atoms with E-state index in [0.29, 0.717) is 6.04 Å². The molecule has 0 aromatic heterocycles. The average Bonchev–Trinajstić information content (AvgIpc) is 2.55. The lowest BCUT2D eigenvalue weighted by atomic mass is 10.1. The molecule has 0 bridgehead atoms. The zero-order valence-electron chi connectivity index (χ0n) is 9.94. The molecule has 88 valence electrons. The van der Waals surface area contributed by atoms with Crippen LogP contribution < -0.4 is 5.73 Å². The lowest BCUT2D eigenvalue weighted by molar-refractivity contribution is 0.196. The Balaban J connectivity index is 2.00. The van der Waals surface area contributed by atoms with Gasteiger partial charge in [-0.25, -0.2) is 0 Å². The maximum atomic E-state index is 5.88. The van der Waals surface area contributed by atoms with Gasteiger partial charge in [-0.05, 0) is 24.9 Å². The summed E-state index contributed by atoms with van der Waals surface area (Å²) >= 11 is 0. The Labute approximate surface area is 98.4 Å². The maximum absolute atomic E-state index is 5.88. The minimum Gasteiger partial charge on any atom is -0.329 e. The molecule has 2 rings (SSSR count). The van der Waals surface area contributed by atoms with Crippen molar-refractivity contribution in [3.05, 3.63) is 35.9 Å². The smallest absolute Gasteiger partial charge is 0.0237 e. The number of benzene rings is 1. The van der Waals surface area contributed by atoms with Crippen molar-refractivity contribution in [1.82, 2.24) is 4.90 Å². The molecule has 0 amide bonds. The zero-order chi connectivity index (χ0) is 11.2. The number of hydrogen-bond donors (Lipinski definition) is 1. The molecule has 1 aromatic carbocycles. The van der Waals surface area contributed by atoms with Crippen LogP contribution in [0.5, 0.6) is 0 Å². The summed E-state index contributed by atoms with van der Waals surface area (Å²) in [6, 6.07) is 11.3. The van der Waals surface area contributed by atoms with Crippen LogP contribution in [0.2, 0.25) is 0 Å². The number of rotatable bonds is 3. The van der Waals surface area contributed by atoms with Gasteiger partial charge in [0.15, 0.2) is 0 Å². The van der Waals surface area contributed by atoms with E-state index in [2.05, 4.69) is 35.2 Å². The summed E-state index contributed by atoms with van der Waals surface area (Å²) in [5.41, 5.74) is 7.28. The van der Waals surface area contributed by atoms with Crippen LogP contribution in [0.15, 0.2) is 30.3 Å². The molecule has 1 atom stereocenters. The molecule has 1 aliphatic heterocycles. The van der Waals surface area contributed by atoms with Crippen molar-refractivity contribution in [1.29, 1.82) is 0 Å². The highest BCUT2D eigenvalue weighted by Gasteiger charge is 2.19. The summed E-state index contributed by atoms with van der Waals surface area (Å²) in [5.74, 6) is 0. The van der Waals surface area contributed by atoms with Gasteiger partial charge < -0.3 is 5.73 Å². The highest BCUT2D eigenvalue weighted by atomic mass is 15.2.